The van der Waals surface area contributed by atoms with Gasteiger partial charge in [-0.25, -0.2) is 8.42 Å². The normalized spacial score (nSPS) is 19.5. The van der Waals surface area contributed by atoms with Crippen LogP contribution in [0.2, 0.25) is 0 Å². The van der Waals surface area contributed by atoms with Gasteiger partial charge < -0.3 is 4.90 Å². The van der Waals surface area contributed by atoms with E-state index >= 15 is 0 Å². The Balaban J connectivity index is 2.09. The zero-order valence-corrected chi connectivity index (χ0v) is 12.6. The molecule has 0 radical (unpaired) electrons. The van der Waals surface area contributed by atoms with Gasteiger partial charge in [0.25, 0.3) is 0 Å². The summed E-state index contributed by atoms with van der Waals surface area (Å²) in [6, 6.07) is 0. The van der Waals surface area contributed by atoms with Gasteiger partial charge in [0.2, 0.25) is 10.0 Å². The molecule has 0 aromatic carbocycles. The van der Waals surface area contributed by atoms with Gasteiger partial charge in [-0.2, -0.15) is 9.40 Å². The molecule has 1 aliphatic rings. The van der Waals surface area contributed by atoms with Crippen LogP contribution in [0.15, 0.2) is 17.3 Å². The Kier molecular flexibility index (Phi) is 4.83. The second-order valence-corrected chi connectivity index (χ2v) is 6.95. The second-order valence-electron chi connectivity index (χ2n) is 4.64. The third-order valence-corrected chi connectivity index (χ3v) is 5.29. The monoisotopic (exact) mass is 306 g/mol. The Bertz CT molecular complexity index is 517. The lowest BCUT2D eigenvalue weighted by Crippen LogP contribution is -2.35. The van der Waals surface area contributed by atoms with E-state index in [0.717, 1.165) is 26.1 Å². The predicted molar refractivity (Wildman–Crippen MR) is 73.7 cm³/mol. The van der Waals surface area contributed by atoms with Crippen LogP contribution in [0.3, 0.4) is 0 Å². The van der Waals surface area contributed by atoms with E-state index in [1.54, 1.807) is 7.05 Å². The largest absolute Gasteiger partial charge is 0.301 e. The van der Waals surface area contributed by atoms with Crippen molar-refractivity contribution in [2.24, 2.45) is 7.05 Å². The molecule has 0 aliphatic carbocycles. The highest BCUT2D eigenvalue weighted by Crippen LogP contribution is 2.16. The third kappa shape index (κ3) is 3.47. The standard InChI is InChI=1S/C11H19ClN4O2S/c1-14-10-11(9-13-14)19(17,18)16-5-2-4-15(6-3-12)7-8-16/h9-10H,2-8H2,1H3. The molecule has 0 atom stereocenters. The van der Waals surface area contributed by atoms with Crippen LogP contribution in [-0.4, -0.2) is 66.0 Å². The van der Waals surface area contributed by atoms with Crippen molar-refractivity contribution in [2.45, 2.75) is 11.3 Å². The van der Waals surface area contributed by atoms with E-state index in [9.17, 15) is 8.42 Å². The molecule has 2 rings (SSSR count). The topological polar surface area (TPSA) is 58.4 Å². The fourth-order valence-corrected chi connectivity index (χ4v) is 3.91. The average Bonchev–Trinajstić information content (AvgIpc) is 2.66. The summed E-state index contributed by atoms with van der Waals surface area (Å²) in [7, 11) is -1.70. The molecule has 6 nitrogen and oxygen atoms in total. The lowest BCUT2D eigenvalue weighted by Gasteiger charge is -2.20. The first-order valence-corrected chi connectivity index (χ1v) is 8.28. The van der Waals surface area contributed by atoms with Crippen molar-refractivity contribution in [3.8, 4) is 0 Å². The molecule has 0 bridgehead atoms. The van der Waals surface area contributed by atoms with E-state index < -0.39 is 10.0 Å². The van der Waals surface area contributed by atoms with Gasteiger partial charge in [-0.05, 0) is 13.0 Å². The lowest BCUT2D eigenvalue weighted by atomic mass is 10.4. The van der Waals surface area contributed by atoms with E-state index in [4.69, 9.17) is 11.6 Å². The first-order chi connectivity index (χ1) is 9.04. The molecule has 108 valence electrons. The lowest BCUT2D eigenvalue weighted by molar-refractivity contribution is 0.303. The Morgan fingerprint density at radius 2 is 2.11 bits per heavy atom. The molecule has 0 amide bonds. The van der Waals surface area contributed by atoms with E-state index in [2.05, 4.69) is 10.00 Å². The van der Waals surface area contributed by atoms with Crippen molar-refractivity contribution in [1.82, 2.24) is 19.0 Å². The van der Waals surface area contributed by atoms with Gasteiger partial charge in [0.15, 0.2) is 0 Å². The molecule has 1 aliphatic heterocycles. The maximum absolute atomic E-state index is 12.4. The van der Waals surface area contributed by atoms with E-state index in [-0.39, 0.29) is 4.90 Å². The van der Waals surface area contributed by atoms with Crippen molar-refractivity contribution in [1.29, 1.82) is 0 Å². The molecule has 0 unspecified atom stereocenters. The van der Waals surface area contributed by atoms with Gasteiger partial charge in [0.1, 0.15) is 4.90 Å². The number of aromatic nitrogens is 2. The van der Waals surface area contributed by atoms with E-state index in [1.807, 2.05) is 0 Å². The van der Waals surface area contributed by atoms with Crippen LogP contribution in [0.4, 0.5) is 0 Å². The third-order valence-electron chi connectivity index (χ3n) is 3.27. The highest BCUT2D eigenvalue weighted by Gasteiger charge is 2.27. The Labute approximate surface area is 119 Å². The summed E-state index contributed by atoms with van der Waals surface area (Å²) in [5.74, 6) is 0.579. The number of hydrogen-bond donors (Lipinski definition) is 0. The summed E-state index contributed by atoms with van der Waals surface area (Å²) in [6.07, 6.45) is 3.77. The first-order valence-electron chi connectivity index (χ1n) is 6.31. The number of sulfonamides is 1. The first kappa shape index (κ1) is 14.8. The van der Waals surface area contributed by atoms with Crippen LogP contribution < -0.4 is 0 Å². The number of alkyl halides is 1. The van der Waals surface area contributed by atoms with E-state index in [0.29, 0.717) is 19.0 Å². The summed E-state index contributed by atoms with van der Waals surface area (Å²) in [5, 5.41) is 3.93. The average molecular weight is 307 g/mol. The smallest absolute Gasteiger partial charge is 0.246 e. The van der Waals surface area contributed by atoms with Gasteiger partial charge in [0.05, 0.1) is 6.20 Å². The molecular formula is C11H19ClN4O2S. The maximum atomic E-state index is 12.4. The summed E-state index contributed by atoms with van der Waals surface area (Å²) < 4.78 is 27.9. The van der Waals surface area contributed by atoms with E-state index in [1.165, 1.54) is 21.4 Å². The van der Waals surface area contributed by atoms with Gasteiger partial charge in [-0.3, -0.25) is 4.68 Å². The van der Waals surface area contributed by atoms with Crippen LogP contribution in [0.25, 0.3) is 0 Å². The molecule has 1 saturated heterocycles. The molecule has 1 aromatic rings. The van der Waals surface area contributed by atoms with Crippen molar-refractivity contribution >= 4 is 21.6 Å². The minimum absolute atomic E-state index is 0.265. The molecule has 2 heterocycles. The van der Waals surface area contributed by atoms with Gasteiger partial charge in [-0.1, -0.05) is 0 Å². The molecule has 19 heavy (non-hydrogen) atoms. The SMILES string of the molecule is Cn1cc(S(=O)(=O)N2CCCN(CCCl)CC2)cn1. The summed E-state index contributed by atoms with van der Waals surface area (Å²) in [6.45, 7) is 3.49. The van der Waals surface area contributed by atoms with Crippen molar-refractivity contribution < 1.29 is 8.42 Å². The minimum atomic E-state index is -3.41. The summed E-state index contributed by atoms with van der Waals surface area (Å²) in [5.41, 5.74) is 0. The van der Waals surface area contributed by atoms with Crippen LogP contribution in [0.5, 0.6) is 0 Å². The van der Waals surface area contributed by atoms with Crippen molar-refractivity contribution in [3.05, 3.63) is 12.4 Å². The maximum Gasteiger partial charge on any atom is 0.246 e. The zero-order valence-electron chi connectivity index (χ0n) is 11.0. The molecule has 1 fully saturated rings. The van der Waals surface area contributed by atoms with Crippen LogP contribution >= 0.6 is 11.6 Å². The molecular weight excluding hydrogens is 288 g/mol. The number of halogens is 1. The Morgan fingerprint density at radius 3 is 2.74 bits per heavy atom. The number of nitrogens with zero attached hydrogens (tertiary/aromatic N) is 4. The minimum Gasteiger partial charge on any atom is -0.301 e. The van der Waals surface area contributed by atoms with Gasteiger partial charge in [0, 0.05) is 45.3 Å². The number of hydrogen-bond acceptors (Lipinski definition) is 4. The van der Waals surface area contributed by atoms with Crippen LogP contribution in [0, 0.1) is 0 Å². The Hall–Kier alpha value is -0.630. The highest BCUT2D eigenvalue weighted by atomic mass is 35.5. The van der Waals surface area contributed by atoms with Gasteiger partial charge >= 0.3 is 0 Å². The fraction of sp³-hybridized carbons (Fsp3) is 0.727. The quantitative estimate of drug-likeness (QED) is 0.754. The number of rotatable bonds is 4. The fourth-order valence-electron chi connectivity index (χ4n) is 2.21. The molecule has 0 saturated carbocycles. The van der Waals surface area contributed by atoms with Crippen molar-refractivity contribution in [2.75, 3.05) is 38.6 Å². The van der Waals surface area contributed by atoms with Gasteiger partial charge in [-0.15, -0.1) is 11.6 Å². The van der Waals surface area contributed by atoms with Crippen molar-refractivity contribution in [3.63, 3.8) is 0 Å². The zero-order chi connectivity index (χ0) is 13.9. The molecule has 1 aromatic heterocycles. The molecule has 0 spiro atoms. The second kappa shape index (κ2) is 6.21. The molecule has 0 N–H and O–H groups in total. The summed E-state index contributed by atoms with van der Waals surface area (Å²) in [4.78, 5) is 2.46. The molecule has 8 heteroatoms. The number of aryl methyl sites for hydroxylation is 1. The Morgan fingerprint density at radius 1 is 1.32 bits per heavy atom. The highest BCUT2D eigenvalue weighted by molar-refractivity contribution is 7.89. The van der Waals surface area contributed by atoms with Crippen LogP contribution in [-0.2, 0) is 17.1 Å². The summed E-state index contributed by atoms with van der Waals surface area (Å²) >= 11 is 5.73. The predicted octanol–water partition coefficient (Wildman–Crippen LogP) is 0.355. The van der Waals surface area contributed by atoms with Crippen LogP contribution in [0.1, 0.15) is 6.42 Å².